The van der Waals surface area contributed by atoms with Crippen molar-refractivity contribution in [3.8, 4) is 0 Å². The van der Waals surface area contributed by atoms with Crippen molar-refractivity contribution in [3.63, 3.8) is 0 Å². The molecule has 1 heterocycles. The first kappa shape index (κ1) is 16.2. The average Bonchev–Trinajstić information content (AvgIpc) is 2.94. The van der Waals surface area contributed by atoms with Crippen LogP contribution in [0.15, 0.2) is 17.5 Å². The number of aliphatic carboxylic acids is 1. The second-order valence-corrected chi connectivity index (χ2v) is 5.28. The number of carbonyl (C=O) groups excluding carboxylic acids is 2. The molecule has 0 aliphatic carbocycles. The third-order valence-electron chi connectivity index (χ3n) is 2.89. The third-order valence-corrected chi connectivity index (χ3v) is 3.76. The summed E-state index contributed by atoms with van der Waals surface area (Å²) in [4.78, 5) is 36.3. The van der Waals surface area contributed by atoms with E-state index in [1.807, 2.05) is 6.92 Å². The molecule has 0 bridgehead atoms. The van der Waals surface area contributed by atoms with Crippen LogP contribution in [0, 0.1) is 0 Å². The molecule has 6 nitrogen and oxygen atoms in total. The molecule has 2 amide bonds. The summed E-state index contributed by atoms with van der Waals surface area (Å²) in [7, 11) is 0. The fraction of sp³-hybridized carbons (Fsp3) is 0.462. The lowest BCUT2D eigenvalue weighted by molar-refractivity contribution is -0.145. The standard InChI is InChI=1S/C13H18N2O4S/c1-3-9(2)15(8-12(17)18)11(16)7-14-13(19)10-5-4-6-20-10/h4-6,9H,3,7-8H2,1-2H3,(H,14,19)(H,17,18). The van der Waals surface area contributed by atoms with E-state index in [0.29, 0.717) is 11.3 Å². The zero-order valence-corrected chi connectivity index (χ0v) is 12.3. The second-order valence-electron chi connectivity index (χ2n) is 4.33. The lowest BCUT2D eigenvalue weighted by Crippen LogP contribution is -2.46. The van der Waals surface area contributed by atoms with Crippen LogP contribution in [0.2, 0.25) is 0 Å². The number of rotatable bonds is 7. The summed E-state index contributed by atoms with van der Waals surface area (Å²) in [6, 6.07) is 3.23. The van der Waals surface area contributed by atoms with Crippen LogP contribution in [0.4, 0.5) is 0 Å². The van der Waals surface area contributed by atoms with Crippen LogP contribution in [-0.4, -0.2) is 46.9 Å². The largest absolute Gasteiger partial charge is 0.480 e. The molecule has 2 N–H and O–H groups in total. The summed E-state index contributed by atoms with van der Waals surface area (Å²) in [5, 5.41) is 13.1. The van der Waals surface area contributed by atoms with Crippen molar-refractivity contribution in [2.24, 2.45) is 0 Å². The van der Waals surface area contributed by atoms with Gasteiger partial charge in [-0.25, -0.2) is 0 Å². The van der Waals surface area contributed by atoms with Crippen molar-refractivity contribution >= 4 is 29.1 Å². The predicted octanol–water partition coefficient (Wildman–Crippen LogP) is 1.19. The molecule has 20 heavy (non-hydrogen) atoms. The molecule has 0 saturated heterocycles. The first-order valence-corrected chi connectivity index (χ1v) is 7.16. The molecule has 0 radical (unpaired) electrons. The highest BCUT2D eigenvalue weighted by atomic mass is 32.1. The Kier molecular flexibility index (Phi) is 6.17. The van der Waals surface area contributed by atoms with Gasteiger partial charge in [-0.15, -0.1) is 11.3 Å². The van der Waals surface area contributed by atoms with E-state index >= 15 is 0 Å². The first-order chi connectivity index (χ1) is 9.45. The van der Waals surface area contributed by atoms with Gasteiger partial charge in [0.15, 0.2) is 0 Å². The molecular formula is C13H18N2O4S. The lowest BCUT2D eigenvalue weighted by Gasteiger charge is -2.27. The van der Waals surface area contributed by atoms with Gasteiger partial charge in [-0.2, -0.15) is 0 Å². The van der Waals surface area contributed by atoms with E-state index in [-0.39, 0.29) is 25.0 Å². The lowest BCUT2D eigenvalue weighted by atomic mass is 10.2. The van der Waals surface area contributed by atoms with E-state index in [1.165, 1.54) is 16.2 Å². The molecule has 0 aliphatic heterocycles. The van der Waals surface area contributed by atoms with Gasteiger partial charge in [0.25, 0.3) is 5.91 Å². The van der Waals surface area contributed by atoms with E-state index in [9.17, 15) is 14.4 Å². The highest BCUT2D eigenvalue weighted by Crippen LogP contribution is 2.08. The zero-order valence-electron chi connectivity index (χ0n) is 11.5. The Morgan fingerprint density at radius 1 is 1.45 bits per heavy atom. The van der Waals surface area contributed by atoms with E-state index in [0.717, 1.165) is 0 Å². The maximum atomic E-state index is 12.0. The van der Waals surface area contributed by atoms with Crippen LogP contribution in [0.25, 0.3) is 0 Å². The smallest absolute Gasteiger partial charge is 0.323 e. The molecule has 1 aromatic heterocycles. The van der Waals surface area contributed by atoms with Gasteiger partial charge in [-0.05, 0) is 24.8 Å². The average molecular weight is 298 g/mol. The second kappa shape index (κ2) is 7.64. The van der Waals surface area contributed by atoms with Gasteiger partial charge in [0, 0.05) is 6.04 Å². The number of thiophene rings is 1. The predicted molar refractivity (Wildman–Crippen MR) is 75.8 cm³/mol. The number of hydrogen-bond donors (Lipinski definition) is 2. The van der Waals surface area contributed by atoms with Crippen molar-refractivity contribution in [1.82, 2.24) is 10.2 Å². The highest BCUT2D eigenvalue weighted by Gasteiger charge is 2.22. The summed E-state index contributed by atoms with van der Waals surface area (Å²) < 4.78 is 0. The van der Waals surface area contributed by atoms with Crippen molar-refractivity contribution in [2.45, 2.75) is 26.3 Å². The molecule has 0 spiro atoms. The summed E-state index contributed by atoms with van der Waals surface area (Å²) in [6.07, 6.45) is 0.651. The number of carbonyl (C=O) groups is 3. The zero-order chi connectivity index (χ0) is 15.1. The van der Waals surface area contributed by atoms with Crippen molar-refractivity contribution in [1.29, 1.82) is 0 Å². The van der Waals surface area contributed by atoms with Gasteiger partial charge in [0.05, 0.1) is 11.4 Å². The monoisotopic (exact) mass is 298 g/mol. The van der Waals surface area contributed by atoms with Crippen LogP contribution in [-0.2, 0) is 9.59 Å². The SMILES string of the molecule is CCC(C)N(CC(=O)O)C(=O)CNC(=O)c1cccs1. The number of nitrogens with zero attached hydrogens (tertiary/aromatic N) is 1. The van der Waals surface area contributed by atoms with Crippen LogP contribution < -0.4 is 5.32 Å². The Morgan fingerprint density at radius 2 is 2.15 bits per heavy atom. The normalized spacial score (nSPS) is 11.7. The maximum Gasteiger partial charge on any atom is 0.323 e. The Hall–Kier alpha value is -1.89. The molecule has 1 aromatic rings. The summed E-state index contributed by atoms with van der Waals surface area (Å²) in [6.45, 7) is 3.09. The van der Waals surface area contributed by atoms with E-state index in [2.05, 4.69) is 5.32 Å². The molecule has 0 aliphatic rings. The fourth-order valence-corrected chi connectivity index (χ4v) is 2.25. The summed E-state index contributed by atoms with van der Waals surface area (Å²) in [5.74, 6) is -1.79. The van der Waals surface area contributed by atoms with Crippen LogP contribution in [0.1, 0.15) is 29.9 Å². The minimum Gasteiger partial charge on any atom is -0.480 e. The van der Waals surface area contributed by atoms with Crippen molar-refractivity contribution < 1.29 is 19.5 Å². The quantitative estimate of drug-likeness (QED) is 0.791. The third kappa shape index (κ3) is 4.65. The summed E-state index contributed by atoms with van der Waals surface area (Å²) in [5.41, 5.74) is 0. The number of carboxylic acids is 1. The van der Waals surface area contributed by atoms with Gasteiger partial charge in [-0.3, -0.25) is 14.4 Å². The number of amides is 2. The molecule has 1 unspecified atom stereocenters. The molecule has 7 heteroatoms. The molecule has 0 aromatic carbocycles. The molecule has 0 saturated carbocycles. The Balaban J connectivity index is 2.57. The molecule has 1 rings (SSSR count). The van der Waals surface area contributed by atoms with Gasteiger partial charge in [-0.1, -0.05) is 13.0 Å². The van der Waals surface area contributed by atoms with Crippen LogP contribution in [0.3, 0.4) is 0 Å². The maximum absolute atomic E-state index is 12.0. The fourth-order valence-electron chi connectivity index (χ4n) is 1.61. The molecule has 1 atom stereocenters. The topological polar surface area (TPSA) is 86.7 Å². The van der Waals surface area contributed by atoms with Gasteiger partial charge in [0.1, 0.15) is 6.54 Å². The van der Waals surface area contributed by atoms with Crippen molar-refractivity contribution in [2.75, 3.05) is 13.1 Å². The number of nitrogens with one attached hydrogen (secondary N) is 1. The molecule has 110 valence electrons. The Morgan fingerprint density at radius 3 is 2.65 bits per heavy atom. The summed E-state index contributed by atoms with van der Waals surface area (Å²) >= 11 is 1.28. The van der Waals surface area contributed by atoms with Gasteiger partial charge in [0.2, 0.25) is 5.91 Å². The van der Waals surface area contributed by atoms with Gasteiger partial charge < -0.3 is 15.3 Å². The molecule has 0 fully saturated rings. The molecular weight excluding hydrogens is 280 g/mol. The van der Waals surface area contributed by atoms with E-state index in [1.54, 1.807) is 24.4 Å². The first-order valence-electron chi connectivity index (χ1n) is 6.28. The number of hydrogen-bond acceptors (Lipinski definition) is 4. The Labute approximate surface area is 121 Å². The van der Waals surface area contributed by atoms with Crippen LogP contribution >= 0.6 is 11.3 Å². The van der Waals surface area contributed by atoms with E-state index < -0.39 is 11.9 Å². The minimum atomic E-state index is -1.07. The Bertz CT molecular complexity index is 473. The van der Waals surface area contributed by atoms with Gasteiger partial charge >= 0.3 is 5.97 Å². The van der Waals surface area contributed by atoms with Crippen LogP contribution in [0.5, 0.6) is 0 Å². The van der Waals surface area contributed by atoms with E-state index in [4.69, 9.17) is 5.11 Å². The minimum absolute atomic E-state index is 0.183. The highest BCUT2D eigenvalue weighted by molar-refractivity contribution is 7.12. The number of carboxylic acid groups (broad SMARTS) is 1. The van der Waals surface area contributed by atoms with Crippen molar-refractivity contribution in [3.05, 3.63) is 22.4 Å².